The molecule has 0 unspecified atom stereocenters. The number of nitrogen functional groups attached to an aromatic ring is 1. The molecule has 0 amide bonds. The van der Waals surface area contributed by atoms with Gasteiger partial charge in [0.2, 0.25) is 5.95 Å². The van der Waals surface area contributed by atoms with E-state index >= 15 is 0 Å². The quantitative estimate of drug-likeness (QED) is 0.608. The second kappa shape index (κ2) is 5.21. The summed E-state index contributed by atoms with van der Waals surface area (Å²) in [6.07, 6.45) is 0. The van der Waals surface area contributed by atoms with Crippen LogP contribution in [0.1, 0.15) is 5.76 Å². The molecule has 2 N–H and O–H groups in total. The highest BCUT2D eigenvalue weighted by atomic mass is 16.3. The molecule has 4 aromatic rings. The Bertz CT molecular complexity index is 993. The van der Waals surface area contributed by atoms with Gasteiger partial charge in [-0.05, 0) is 31.2 Å². The highest BCUT2D eigenvalue weighted by molar-refractivity contribution is 5.91. The summed E-state index contributed by atoms with van der Waals surface area (Å²) in [5, 5.41) is 0. The van der Waals surface area contributed by atoms with E-state index in [2.05, 4.69) is 9.97 Å². The van der Waals surface area contributed by atoms with E-state index in [1.807, 2.05) is 61.5 Å². The molecule has 1 aromatic carbocycles. The summed E-state index contributed by atoms with van der Waals surface area (Å²) in [6.45, 7) is 1.91. The third kappa shape index (κ3) is 2.42. The number of aryl methyl sites for hydroxylation is 1. The van der Waals surface area contributed by atoms with Crippen molar-refractivity contribution in [3.63, 3.8) is 0 Å². The van der Waals surface area contributed by atoms with Crippen LogP contribution < -0.4 is 5.73 Å². The van der Waals surface area contributed by atoms with E-state index in [4.69, 9.17) is 15.1 Å². The second-order valence-electron chi connectivity index (χ2n) is 5.27. The van der Waals surface area contributed by atoms with Gasteiger partial charge in [-0.2, -0.15) is 0 Å². The monoisotopic (exact) mass is 302 g/mol. The number of aromatic nitrogens is 3. The molecule has 5 heteroatoms. The molecule has 0 aliphatic heterocycles. The molecule has 0 bridgehead atoms. The van der Waals surface area contributed by atoms with Crippen LogP contribution in [0.5, 0.6) is 0 Å². The third-order valence-electron chi connectivity index (χ3n) is 3.60. The van der Waals surface area contributed by atoms with Gasteiger partial charge in [0.1, 0.15) is 22.7 Å². The van der Waals surface area contributed by atoms with Crippen LogP contribution in [0.4, 0.5) is 5.95 Å². The zero-order valence-electron chi connectivity index (χ0n) is 12.5. The Morgan fingerprint density at radius 1 is 0.870 bits per heavy atom. The Balaban J connectivity index is 1.98. The molecule has 3 heterocycles. The molecule has 3 aromatic heterocycles. The molecule has 0 saturated heterocycles. The fraction of sp³-hybridized carbons (Fsp3) is 0.0556. The van der Waals surface area contributed by atoms with Gasteiger partial charge in [0, 0.05) is 5.56 Å². The number of anilines is 1. The predicted octanol–water partition coefficient (Wildman–Crippen LogP) is 3.84. The van der Waals surface area contributed by atoms with E-state index in [1.54, 1.807) is 0 Å². The predicted molar refractivity (Wildman–Crippen MR) is 89.6 cm³/mol. The van der Waals surface area contributed by atoms with Crippen LogP contribution in [0.15, 0.2) is 59.0 Å². The van der Waals surface area contributed by atoms with Gasteiger partial charge < -0.3 is 10.2 Å². The first-order valence-electron chi connectivity index (χ1n) is 7.27. The van der Waals surface area contributed by atoms with Crippen LogP contribution >= 0.6 is 0 Å². The number of nitrogens with two attached hydrogens (primary N) is 1. The lowest BCUT2D eigenvalue weighted by Gasteiger charge is -2.07. The summed E-state index contributed by atoms with van der Waals surface area (Å²) in [7, 11) is 0. The molecule has 4 rings (SSSR count). The second-order valence-corrected chi connectivity index (χ2v) is 5.27. The third-order valence-corrected chi connectivity index (χ3v) is 3.60. The summed E-state index contributed by atoms with van der Waals surface area (Å²) in [6, 6.07) is 17.4. The normalized spacial score (nSPS) is 11.0. The zero-order chi connectivity index (χ0) is 15.8. The summed E-state index contributed by atoms with van der Waals surface area (Å²) in [5.74, 6) is 1.80. The van der Waals surface area contributed by atoms with Crippen molar-refractivity contribution in [3.05, 3.63) is 60.4 Å². The van der Waals surface area contributed by atoms with Crippen molar-refractivity contribution in [2.75, 3.05) is 5.73 Å². The van der Waals surface area contributed by atoms with Crippen molar-refractivity contribution in [1.29, 1.82) is 0 Å². The number of furan rings is 1. The van der Waals surface area contributed by atoms with Crippen molar-refractivity contribution in [2.24, 2.45) is 0 Å². The van der Waals surface area contributed by atoms with Crippen LogP contribution in [0.3, 0.4) is 0 Å². The molecule has 0 spiro atoms. The summed E-state index contributed by atoms with van der Waals surface area (Å²) >= 11 is 0. The van der Waals surface area contributed by atoms with Gasteiger partial charge in [-0.15, -0.1) is 0 Å². The maximum Gasteiger partial charge on any atom is 0.221 e. The molecule has 0 aliphatic rings. The van der Waals surface area contributed by atoms with Crippen molar-refractivity contribution in [3.8, 4) is 22.7 Å². The number of hydrogen-bond acceptors (Lipinski definition) is 5. The fourth-order valence-corrected chi connectivity index (χ4v) is 2.54. The van der Waals surface area contributed by atoms with Gasteiger partial charge in [-0.25, -0.2) is 15.0 Å². The van der Waals surface area contributed by atoms with E-state index < -0.39 is 0 Å². The minimum atomic E-state index is 0.236. The lowest BCUT2D eigenvalue weighted by atomic mass is 10.1. The number of benzene rings is 1. The van der Waals surface area contributed by atoms with E-state index in [0.717, 1.165) is 28.5 Å². The Morgan fingerprint density at radius 2 is 1.70 bits per heavy atom. The van der Waals surface area contributed by atoms with Gasteiger partial charge in [-0.3, -0.25) is 0 Å². The SMILES string of the molecule is Cc1ccc(-c2ccc3nc(N)nc(-c4ccccc4)c3n2)o1. The van der Waals surface area contributed by atoms with Gasteiger partial charge in [0.25, 0.3) is 0 Å². The minimum Gasteiger partial charge on any atom is -0.460 e. The number of rotatable bonds is 2. The molecule has 0 fully saturated rings. The van der Waals surface area contributed by atoms with Crippen LogP contribution in [0, 0.1) is 6.92 Å². The average molecular weight is 302 g/mol. The van der Waals surface area contributed by atoms with E-state index in [-0.39, 0.29) is 5.95 Å². The lowest BCUT2D eigenvalue weighted by molar-refractivity contribution is 0.546. The first kappa shape index (κ1) is 13.5. The zero-order valence-corrected chi connectivity index (χ0v) is 12.5. The number of fused-ring (bicyclic) bond motifs is 1. The Morgan fingerprint density at radius 3 is 2.43 bits per heavy atom. The smallest absolute Gasteiger partial charge is 0.221 e. The Hall–Kier alpha value is -3.21. The molecule has 5 nitrogen and oxygen atoms in total. The number of nitrogens with zero attached hydrogens (tertiary/aromatic N) is 3. The van der Waals surface area contributed by atoms with Crippen molar-refractivity contribution >= 4 is 17.0 Å². The summed E-state index contributed by atoms with van der Waals surface area (Å²) in [5.41, 5.74) is 9.68. The highest BCUT2D eigenvalue weighted by Crippen LogP contribution is 2.28. The first-order valence-corrected chi connectivity index (χ1v) is 7.27. The topological polar surface area (TPSA) is 77.8 Å². The maximum atomic E-state index is 5.85. The van der Waals surface area contributed by atoms with Crippen molar-refractivity contribution in [1.82, 2.24) is 15.0 Å². The van der Waals surface area contributed by atoms with Crippen LogP contribution in [0.25, 0.3) is 33.7 Å². The summed E-state index contributed by atoms with van der Waals surface area (Å²) in [4.78, 5) is 13.4. The van der Waals surface area contributed by atoms with E-state index in [9.17, 15) is 0 Å². The highest BCUT2D eigenvalue weighted by Gasteiger charge is 2.12. The largest absolute Gasteiger partial charge is 0.460 e. The molecule has 0 atom stereocenters. The first-order chi connectivity index (χ1) is 11.2. The standard InChI is InChI=1S/C18H14N4O/c1-11-7-10-15(23-11)13-8-9-14-17(20-13)16(22-18(19)21-14)12-5-3-2-4-6-12/h2-10H,1H3,(H2,19,21,22). The number of hydrogen-bond donors (Lipinski definition) is 1. The fourth-order valence-electron chi connectivity index (χ4n) is 2.54. The van der Waals surface area contributed by atoms with Crippen LogP contribution in [-0.2, 0) is 0 Å². The molecule has 0 saturated carbocycles. The van der Waals surface area contributed by atoms with Gasteiger partial charge in [0.05, 0.1) is 5.52 Å². The molecular weight excluding hydrogens is 288 g/mol. The number of pyridine rings is 1. The van der Waals surface area contributed by atoms with Crippen LogP contribution in [-0.4, -0.2) is 15.0 Å². The molecule has 23 heavy (non-hydrogen) atoms. The average Bonchev–Trinajstić information content (AvgIpc) is 3.01. The molecule has 0 aliphatic carbocycles. The molecule has 0 radical (unpaired) electrons. The minimum absolute atomic E-state index is 0.236. The van der Waals surface area contributed by atoms with Gasteiger partial charge in [0.15, 0.2) is 5.76 Å². The van der Waals surface area contributed by atoms with Crippen molar-refractivity contribution < 1.29 is 4.42 Å². The Kier molecular flexibility index (Phi) is 3.05. The Labute approximate surface area is 132 Å². The van der Waals surface area contributed by atoms with Gasteiger partial charge >= 0.3 is 0 Å². The van der Waals surface area contributed by atoms with Crippen molar-refractivity contribution in [2.45, 2.75) is 6.92 Å². The van der Waals surface area contributed by atoms with E-state index in [1.165, 1.54) is 0 Å². The van der Waals surface area contributed by atoms with Gasteiger partial charge in [-0.1, -0.05) is 30.3 Å². The lowest BCUT2D eigenvalue weighted by Crippen LogP contribution is -2.00. The summed E-state index contributed by atoms with van der Waals surface area (Å²) < 4.78 is 5.66. The molecule has 112 valence electrons. The van der Waals surface area contributed by atoms with E-state index in [0.29, 0.717) is 11.0 Å². The molecular formula is C18H14N4O. The maximum absolute atomic E-state index is 5.85. The van der Waals surface area contributed by atoms with Crippen LogP contribution in [0.2, 0.25) is 0 Å².